The highest BCUT2D eigenvalue weighted by molar-refractivity contribution is 5.82. The molecule has 7 heteroatoms. The largest absolute Gasteiger partial charge is 0.481 e. The average Bonchev–Trinajstić information content (AvgIpc) is 2.69. The SMILES string of the molecule is COC(=O)CNC(=O)NC1CCCC1(C)C(=O)O. The van der Waals surface area contributed by atoms with E-state index in [1.165, 1.54) is 7.11 Å². The Morgan fingerprint density at radius 3 is 2.67 bits per heavy atom. The molecular weight excluding hydrogens is 240 g/mol. The summed E-state index contributed by atoms with van der Waals surface area (Å²) in [6, 6.07) is -0.979. The monoisotopic (exact) mass is 258 g/mol. The van der Waals surface area contributed by atoms with Gasteiger partial charge in [0, 0.05) is 6.04 Å². The molecule has 0 aromatic carbocycles. The Bertz CT molecular complexity index is 357. The molecule has 0 saturated heterocycles. The van der Waals surface area contributed by atoms with Gasteiger partial charge in [0.2, 0.25) is 0 Å². The van der Waals surface area contributed by atoms with Gasteiger partial charge < -0.3 is 20.5 Å². The second kappa shape index (κ2) is 5.70. The second-order valence-electron chi connectivity index (χ2n) is 4.57. The molecule has 0 heterocycles. The summed E-state index contributed by atoms with van der Waals surface area (Å²) in [5, 5.41) is 14.1. The zero-order valence-corrected chi connectivity index (χ0v) is 10.5. The van der Waals surface area contributed by atoms with Gasteiger partial charge in [-0.3, -0.25) is 9.59 Å². The quantitative estimate of drug-likeness (QED) is 0.620. The molecule has 0 aliphatic heterocycles. The fourth-order valence-corrected chi connectivity index (χ4v) is 2.09. The average molecular weight is 258 g/mol. The Labute approximate surface area is 105 Å². The number of carbonyl (C=O) groups excluding carboxylic acids is 2. The van der Waals surface area contributed by atoms with Crippen LogP contribution in [0.3, 0.4) is 0 Å². The van der Waals surface area contributed by atoms with Gasteiger partial charge in [0.15, 0.2) is 0 Å². The summed E-state index contributed by atoms with van der Waals surface area (Å²) in [5.41, 5.74) is -0.942. The van der Waals surface area contributed by atoms with E-state index >= 15 is 0 Å². The highest BCUT2D eigenvalue weighted by Crippen LogP contribution is 2.38. The lowest BCUT2D eigenvalue weighted by atomic mass is 9.85. The fraction of sp³-hybridized carbons (Fsp3) is 0.727. The van der Waals surface area contributed by atoms with E-state index in [4.69, 9.17) is 5.11 Å². The Morgan fingerprint density at radius 1 is 1.44 bits per heavy atom. The highest BCUT2D eigenvalue weighted by Gasteiger charge is 2.45. The predicted molar refractivity (Wildman–Crippen MR) is 61.9 cm³/mol. The van der Waals surface area contributed by atoms with Crippen LogP contribution in [0.5, 0.6) is 0 Å². The molecule has 2 unspecified atom stereocenters. The number of carboxylic acid groups (broad SMARTS) is 1. The molecule has 1 fully saturated rings. The fourth-order valence-electron chi connectivity index (χ4n) is 2.09. The molecule has 1 aliphatic rings. The summed E-state index contributed by atoms with van der Waals surface area (Å²) in [6.07, 6.45) is 1.91. The summed E-state index contributed by atoms with van der Waals surface area (Å²) >= 11 is 0. The first-order valence-corrected chi connectivity index (χ1v) is 5.74. The van der Waals surface area contributed by atoms with Crippen molar-refractivity contribution in [3.63, 3.8) is 0 Å². The molecule has 0 spiro atoms. The maximum atomic E-state index is 11.5. The van der Waals surface area contributed by atoms with Crippen molar-refractivity contribution in [2.24, 2.45) is 5.41 Å². The number of urea groups is 1. The Kier molecular flexibility index (Phi) is 4.52. The minimum atomic E-state index is -0.942. The first-order chi connectivity index (χ1) is 8.40. The van der Waals surface area contributed by atoms with Crippen LogP contribution in [0.2, 0.25) is 0 Å². The first kappa shape index (κ1) is 14.3. The number of methoxy groups -OCH3 is 1. The van der Waals surface area contributed by atoms with E-state index in [0.29, 0.717) is 12.8 Å². The van der Waals surface area contributed by atoms with E-state index in [1.807, 2.05) is 0 Å². The van der Waals surface area contributed by atoms with Crippen LogP contribution in [0.1, 0.15) is 26.2 Å². The molecule has 0 radical (unpaired) electrons. The summed E-state index contributed by atoms with van der Waals surface area (Å²) in [4.78, 5) is 33.5. The lowest BCUT2D eigenvalue weighted by Crippen LogP contribution is -2.51. The minimum Gasteiger partial charge on any atom is -0.481 e. The number of hydrogen-bond acceptors (Lipinski definition) is 4. The van der Waals surface area contributed by atoms with E-state index in [9.17, 15) is 14.4 Å². The van der Waals surface area contributed by atoms with Crippen LogP contribution in [0.4, 0.5) is 4.79 Å². The van der Waals surface area contributed by atoms with Gasteiger partial charge in [-0.1, -0.05) is 6.42 Å². The summed E-state index contributed by atoms with van der Waals surface area (Å²) in [5.74, 6) is -1.48. The number of aliphatic carboxylic acids is 1. The van der Waals surface area contributed by atoms with Crippen LogP contribution in [0.15, 0.2) is 0 Å². The molecular formula is C11H18N2O5. The number of amides is 2. The Morgan fingerprint density at radius 2 is 2.11 bits per heavy atom. The molecule has 2 atom stereocenters. The van der Waals surface area contributed by atoms with Crippen LogP contribution < -0.4 is 10.6 Å². The zero-order valence-electron chi connectivity index (χ0n) is 10.5. The van der Waals surface area contributed by atoms with Gasteiger partial charge in [0.25, 0.3) is 0 Å². The molecule has 1 rings (SSSR count). The van der Waals surface area contributed by atoms with E-state index in [-0.39, 0.29) is 6.54 Å². The van der Waals surface area contributed by atoms with Crippen molar-refractivity contribution in [2.75, 3.05) is 13.7 Å². The van der Waals surface area contributed by atoms with Gasteiger partial charge in [0.05, 0.1) is 12.5 Å². The van der Waals surface area contributed by atoms with Crippen molar-refractivity contribution >= 4 is 18.0 Å². The Balaban J connectivity index is 2.49. The molecule has 1 aliphatic carbocycles. The maximum absolute atomic E-state index is 11.5. The normalized spacial score (nSPS) is 26.4. The van der Waals surface area contributed by atoms with Crippen molar-refractivity contribution < 1.29 is 24.2 Å². The molecule has 1 saturated carbocycles. The third-order valence-electron chi connectivity index (χ3n) is 3.37. The lowest BCUT2D eigenvalue weighted by molar-refractivity contribution is -0.148. The minimum absolute atomic E-state index is 0.237. The molecule has 102 valence electrons. The van der Waals surface area contributed by atoms with Gasteiger partial charge in [-0.2, -0.15) is 0 Å². The van der Waals surface area contributed by atoms with Gasteiger partial charge >= 0.3 is 18.0 Å². The number of carbonyl (C=O) groups is 3. The van der Waals surface area contributed by atoms with Crippen molar-refractivity contribution in [3.8, 4) is 0 Å². The first-order valence-electron chi connectivity index (χ1n) is 5.74. The van der Waals surface area contributed by atoms with E-state index in [0.717, 1.165) is 6.42 Å². The standard InChI is InChI=1S/C11H18N2O5/c1-11(9(15)16)5-3-4-7(11)13-10(17)12-6-8(14)18-2/h7H,3-6H2,1-2H3,(H,15,16)(H2,12,13,17). The number of nitrogens with one attached hydrogen (secondary N) is 2. The van der Waals surface area contributed by atoms with Crippen molar-refractivity contribution in [1.29, 1.82) is 0 Å². The van der Waals surface area contributed by atoms with Crippen molar-refractivity contribution in [3.05, 3.63) is 0 Å². The van der Waals surface area contributed by atoms with Gasteiger partial charge in [-0.05, 0) is 19.8 Å². The summed E-state index contributed by atoms with van der Waals surface area (Å²) in [7, 11) is 1.22. The van der Waals surface area contributed by atoms with Crippen LogP contribution in [0, 0.1) is 5.41 Å². The predicted octanol–water partition coefficient (Wildman–Crippen LogP) is 0.102. The lowest BCUT2D eigenvalue weighted by Gasteiger charge is -2.27. The smallest absolute Gasteiger partial charge is 0.325 e. The summed E-state index contributed by atoms with van der Waals surface area (Å²) in [6.45, 7) is 1.38. The van der Waals surface area contributed by atoms with Crippen LogP contribution in [0.25, 0.3) is 0 Å². The maximum Gasteiger partial charge on any atom is 0.325 e. The third-order valence-corrected chi connectivity index (χ3v) is 3.37. The van der Waals surface area contributed by atoms with Crippen molar-refractivity contribution in [1.82, 2.24) is 10.6 Å². The summed E-state index contributed by atoms with van der Waals surface area (Å²) < 4.78 is 4.37. The van der Waals surface area contributed by atoms with Crippen LogP contribution in [-0.2, 0) is 14.3 Å². The topological polar surface area (TPSA) is 105 Å². The van der Waals surface area contributed by atoms with Gasteiger partial charge in [-0.15, -0.1) is 0 Å². The molecule has 0 aromatic heterocycles. The number of carboxylic acids is 1. The molecule has 2 amide bonds. The number of esters is 1. The van der Waals surface area contributed by atoms with Gasteiger partial charge in [-0.25, -0.2) is 4.79 Å². The van der Waals surface area contributed by atoms with Gasteiger partial charge in [0.1, 0.15) is 6.54 Å². The van der Waals surface area contributed by atoms with E-state index < -0.39 is 29.4 Å². The molecule has 18 heavy (non-hydrogen) atoms. The molecule has 7 nitrogen and oxygen atoms in total. The second-order valence-corrected chi connectivity index (χ2v) is 4.57. The van der Waals surface area contributed by atoms with Crippen LogP contribution in [-0.4, -0.2) is 42.8 Å². The molecule has 0 aromatic rings. The third kappa shape index (κ3) is 3.12. The molecule has 3 N–H and O–H groups in total. The molecule has 0 bridgehead atoms. The number of ether oxygens (including phenoxy) is 1. The highest BCUT2D eigenvalue weighted by atomic mass is 16.5. The van der Waals surface area contributed by atoms with E-state index in [2.05, 4.69) is 15.4 Å². The number of rotatable bonds is 4. The van der Waals surface area contributed by atoms with Crippen molar-refractivity contribution in [2.45, 2.75) is 32.2 Å². The van der Waals surface area contributed by atoms with Crippen LogP contribution >= 0.6 is 0 Å². The number of hydrogen-bond donors (Lipinski definition) is 3. The van der Waals surface area contributed by atoms with E-state index in [1.54, 1.807) is 6.92 Å². The zero-order chi connectivity index (χ0) is 13.8. The Hall–Kier alpha value is -1.79.